The van der Waals surface area contributed by atoms with Crippen molar-refractivity contribution in [2.45, 2.75) is 64.6 Å². The van der Waals surface area contributed by atoms with Crippen LogP contribution in [0.3, 0.4) is 0 Å². The zero-order chi connectivity index (χ0) is 23.9. The van der Waals surface area contributed by atoms with Crippen molar-refractivity contribution in [1.29, 1.82) is 0 Å². The third-order valence-corrected chi connectivity index (χ3v) is 6.79. The fourth-order valence-corrected chi connectivity index (χ4v) is 4.80. The van der Waals surface area contributed by atoms with Crippen molar-refractivity contribution in [2.24, 2.45) is 0 Å². The standard InChI is InChI=1S/C29H34N2O3/c1-3-26(29(33)30-24-15-7-8-16-24)31(19-23-13-5-4-11-21(23)2)28(32)20-34-27-18-10-14-22-12-6-9-17-25(22)27/h4-6,9-14,17-18,24,26H,3,7-8,15-16,19-20H2,1-2H3,(H,30,33). The molecular weight excluding hydrogens is 424 g/mol. The van der Waals surface area contributed by atoms with Gasteiger partial charge in [-0.3, -0.25) is 9.59 Å². The van der Waals surface area contributed by atoms with Gasteiger partial charge in [0, 0.05) is 18.0 Å². The van der Waals surface area contributed by atoms with Crippen LogP contribution in [0.2, 0.25) is 0 Å². The van der Waals surface area contributed by atoms with Crippen molar-refractivity contribution in [3.05, 3.63) is 77.9 Å². The number of hydrogen-bond acceptors (Lipinski definition) is 3. The minimum atomic E-state index is -0.538. The number of nitrogens with zero attached hydrogens (tertiary/aromatic N) is 1. The molecule has 0 heterocycles. The van der Waals surface area contributed by atoms with Gasteiger partial charge in [-0.25, -0.2) is 0 Å². The molecule has 4 rings (SSSR count). The summed E-state index contributed by atoms with van der Waals surface area (Å²) in [7, 11) is 0. The molecule has 1 atom stereocenters. The van der Waals surface area contributed by atoms with Gasteiger partial charge in [0.05, 0.1) is 0 Å². The quantitative estimate of drug-likeness (QED) is 0.467. The minimum absolute atomic E-state index is 0.0681. The highest BCUT2D eigenvalue weighted by Gasteiger charge is 2.31. The van der Waals surface area contributed by atoms with Crippen LogP contribution in [0.15, 0.2) is 66.7 Å². The Morgan fingerprint density at radius 2 is 1.71 bits per heavy atom. The molecule has 1 saturated carbocycles. The summed E-state index contributed by atoms with van der Waals surface area (Å²) in [6.07, 6.45) is 4.86. The van der Waals surface area contributed by atoms with E-state index in [0.29, 0.717) is 18.7 Å². The fraction of sp³-hybridized carbons (Fsp3) is 0.379. The Hall–Kier alpha value is -3.34. The lowest BCUT2D eigenvalue weighted by Gasteiger charge is -2.32. The first-order chi connectivity index (χ1) is 16.6. The number of rotatable bonds is 9. The Kier molecular flexibility index (Phi) is 7.84. The molecule has 178 valence electrons. The highest BCUT2D eigenvalue weighted by molar-refractivity contribution is 5.90. The van der Waals surface area contributed by atoms with Gasteiger partial charge in [-0.05, 0) is 48.8 Å². The molecule has 2 amide bonds. The summed E-state index contributed by atoms with van der Waals surface area (Å²) in [5.41, 5.74) is 2.13. The van der Waals surface area contributed by atoms with Crippen LogP contribution in [-0.2, 0) is 16.1 Å². The Bertz CT molecular complexity index is 1130. The molecule has 0 saturated heterocycles. The monoisotopic (exact) mass is 458 g/mol. The fourth-order valence-electron chi connectivity index (χ4n) is 4.80. The van der Waals surface area contributed by atoms with Crippen molar-refractivity contribution < 1.29 is 14.3 Å². The lowest BCUT2D eigenvalue weighted by atomic mass is 10.1. The Morgan fingerprint density at radius 1 is 1.00 bits per heavy atom. The summed E-state index contributed by atoms with van der Waals surface area (Å²) in [5, 5.41) is 5.22. The number of benzene rings is 3. The van der Waals surface area contributed by atoms with E-state index in [2.05, 4.69) is 5.32 Å². The molecule has 3 aromatic rings. The second-order valence-electron chi connectivity index (χ2n) is 9.13. The van der Waals surface area contributed by atoms with Crippen molar-refractivity contribution >= 4 is 22.6 Å². The van der Waals surface area contributed by atoms with Crippen LogP contribution in [0.25, 0.3) is 10.8 Å². The molecule has 1 aliphatic rings. The minimum Gasteiger partial charge on any atom is -0.483 e. The van der Waals surface area contributed by atoms with E-state index in [0.717, 1.165) is 47.6 Å². The van der Waals surface area contributed by atoms with Gasteiger partial charge < -0.3 is 15.0 Å². The van der Waals surface area contributed by atoms with Gasteiger partial charge in [-0.2, -0.15) is 0 Å². The Balaban J connectivity index is 1.55. The van der Waals surface area contributed by atoms with E-state index in [1.54, 1.807) is 4.90 Å². The third-order valence-electron chi connectivity index (χ3n) is 6.79. The molecule has 1 N–H and O–H groups in total. The topological polar surface area (TPSA) is 58.6 Å². The van der Waals surface area contributed by atoms with Gasteiger partial charge in [0.1, 0.15) is 11.8 Å². The first kappa shape index (κ1) is 23.8. The van der Waals surface area contributed by atoms with Gasteiger partial charge in [0.15, 0.2) is 6.61 Å². The Labute approximate surface area is 202 Å². The van der Waals surface area contributed by atoms with Crippen molar-refractivity contribution in [1.82, 2.24) is 10.2 Å². The summed E-state index contributed by atoms with van der Waals surface area (Å²) in [4.78, 5) is 28.5. The van der Waals surface area contributed by atoms with E-state index in [-0.39, 0.29) is 24.5 Å². The lowest BCUT2D eigenvalue weighted by molar-refractivity contribution is -0.143. The maximum Gasteiger partial charge on any atom is 0.261 e. The number of ether oxygens (including phenoxy) is 1. The second kappa shape index (κ2) is 11.2. The molecule has 0 aromatic heterocycles. The van der Waals surface area contributed by atoms with Gasteiger partial charge >= 0.3 is 0 Å². The van der Waals surface area contributed by atoms with Crippen LogP contribution in [0.5, 0.6) is 5.75 Å². The normalized spacial score (nSPS) is 14.6. The van der Waals surface area contributed by atoms with Crippen LogP contribution < -0.4 is 10.1 Å². The zero-order valence-electron chi connectivity index (χ0n) is 20.1. The van der Waals surface area contributed by atoms with Gasteiger partial charge in [0.25, 0.3) is 5.91 Å². The van der Waals surface area contributed by atoms with Gasteiger partial charge in [-0.15, -0.1) is 0 Å². The molecule has 5 nitrogen and oxygen atoms in total. The van der Waals surface area contributed by atoms with E-state index in [9.17, 15) is 9.59 Å². The van der Waals surface area contributed by atoms with E-state index in [1.165, 1.54) is 0 Å². The molecule has 1 unspecified atom stereocenters. The van der Waals surface area contributed by atoms with Crippen LogP contribution in [0.4, 0.5) is 0 Å². The molecule has 1 aliphatic carbocycles. The number of carbonyl (C=O) groups excluding carboxylic acids is 2. The maximum absolute atomic E-state index is 13.5. The number of amides is 2. The zero-order valence-corrected chi connectivity index (χ0v) is 20.1. The average molecular weight is 459 g/mol. The summed E-state index contributed by atoms with van der Waals surface area (Å²) in [6, 6.07) is 21.5. The highest BCUT2D eigenvalue weighted by atomic mass is 16.5. The predicted molar refractivity (Wildman–Crippen MR) is 136 cm³/mol. The number of hydrogen-bond donors (Lipinski definition) is 1. The molecule has 0 radical (unpaired) electrons. The smallest absolute Gasteiger partial charge is 0.261 e. The van der Waals surface area contributed by atoms with Crippen LogP contribution in [0, 0.1) is 6.92 Å². The summed E-state index contributed by atoms with van der Waals surface area (Å²) in [5.74, 6) is 0.414. The maximum atomic E-state index is 13.5. The molecule has 0 bridgehead atoms. The van der Waals surface area contributed by atoms with E-state index < -0.39 is 6.04 Å². The average Bonchev–Trinajstić information content (AvgIpc) is 3.36. The molecule has 0 spiro atoms. The first-order valence-electron chi connectivity index (χ1n) is 12.3. The number of carbonyl (C=O) groups is 2. The van der Waals surface area contributed by atoms with Crippen molar-refractivity contribution in [2.75, 3.05) is 6.61 Å². The molecule has 0 aliphatic heterocycles. The third kappa shape index (κ3) is 5.58. The number of aryl methyl sites for hydroxylation is 1. The largest absolute Gasteiger partial charge is 0.483 e. The van der Waals surface area contributed by atoms with E-state index in [4.69, 9.17) is 4.74 Å². The second-order valence-corrected chi connectivity index (χ2v) is 9.13. The molecule has 34 heavy (non-hydrogen) atoms. The van der Waals surface area contributed by atoms with Gasteiger partial charge in [-0.1, -0.05) is 80.4 Å². The summed E-state index contributed by atoms with van der Waals surface area (Å²) < 4.78 is 6.01. The molecular formula is C29H34N2O3. The van der Waals surface area contributed by atoms with Crippen molar-refractivity contribution in [3.63, 3.8) is 0 Å². The van der Waals surface area contributed by atoms with E-state index in [1.807, 2.05) is 80.6 Å². The summed E-state index contributed by atoms with van der Waals surface area (Å²) in [6.45, 7) is 4.25. The number of fused-ring (bicyclic) bond motifs is 1. The molecule has 3 aromatic carbocycles. The lowest BCUT2D eigenvalue weighted by Crippen LogP contribution is -2.52. The van der Waals surface area contributed by atoms with Crippen LogP contribution >= 0.6 is 0 Å². The first-order valence-corrected chi connectivity index (χ1v) is 12.3. The van der Waals surface area contributed by atoms with Crippen LogP contribution in [0.1, 0.15) is 50.2 Å². The predicted octanol–water partition coefficient (Wildman–Crippen LogP) is 5.39. The number of nitrogens with one attached hydrogen (secondary N) is 1. The molecule has 5 heteroatoms. The molecule has 1 fully saturated rings. The van der Waals surface area contributed by atoms with Crippen LogP contribution in [-0.4, -0.2) is 35.4 Å². The van der Waals surface area contributed by atoms with E-state index >= 15 is 0 Å². The summed E-state index contributed by atoms with van der Waals surface area (Å²) >= 11 is 0. The van der Waals surface area contributed by atoms with Gasteiger partial charge in [0.2, 0.25) is 5.91 Å². The SMILES string of the molecule is CCC(C(=O)NC1CCCC1)N(Cc1ccccc1C)C(=O)COc1cccc2ccccc12. The highest BCUT2D eigenvalue weighted by Crippen LogP contribution is 2.26. The Morgan fingerprint density at radius 3 is 2.47 bits per heavy atom. The van der Waals surface area contributed by atoms with Crippen molar-refractivity contribution in [3.8, 4) is 5.75 Å².